The molecule has 0 atom stereocenters. The molecule has 0 radical (unpaired) electrons. The van der Waals surface area contributed by atoms with Crippen LogP contribution in [0.25, 0.3) is 0 Å². The number of amides is 2. The summed E-state index contributed by atoms with van der Waals surface area (Å²) in [6, 6.07) is 10.9. The maximum absolute atomic E-state index is 11.3. The Morgan fingerprint density at radius 3 is 2.65 bits per heavy atom. The zero-order chi connectivity index (χ0) is 11.9. The van der Waals surface area contributed by atoms with Crippen LogP contribution in [0.4, 0.5) is 4.79 Å². The third-order valence-electron chi connectivity index (χ3n) is 2.93. The summed E-state index contributed by atoms with van der Waals surface area (Å²) in [7, 11) is 0. The molecule has 0 aromatic heterocycles. The first-order valence-electron chi connectivity index (χ1n) is 6.43. The summed E-state index contributed by atoms with van der Waals surface area (Å²) in [5, 5.41) is 5.80. The summed E-state index contributed by atoms with van der Waals surface area (Å²) >= 11 is 0. The van der Waals surface area contributed by atoms with E-state index in [0.717, 1.165) is 38.6 Å². The van der Waals surface area contributed by atoms with Crippen LogP contribution in [-0.4, -0.2) is 18.6 Å². The van der Waals surface area contributed by atoms with E-state index in [1.165, 1.54) is 5.56 Å². The number of benzene rings is 1. The van der Waals surface area contributed by atoms with Crippen molar-refractivity contribution in [1.29, 1.82) is 0 Å². The largest absolute Gasteiger partial charge is 0.338 e. The highest BCUT2D eigenvalue weighted by Gasteiger charge is 2.22. The maximum Gasteiger partial charge on any atom is 0.315 e. The molecule has 0 saturated heterocycles. The van der Waals surface area contributed by atoms with Crippen LogP contribution in [0.3, 0.4) is 0 Å². The number of rotatable bonds is 6. The molecule has 2 N–H and O–H groups in total. The summed E-state index contributed by atoms with van der Waals surface area (Å²) < 4.78 is 0. The average molecular weight is 232 g/mol. The number of carbonyl (C=O) groups excluding carboxylic acids is 1. The number of nitrogens with one attached hydrogen (secondary N) is 2. The number of hydrogen-bond donors (Lipinski definition) is 2. The summed E-state index contributed by atoms with van der Waals surface area (Å²) in [4.78, 5) is 11.3. The predicted octanol–water partition coefficient (Wildman–Crippen LogP) is 2.47. The fourth-order valence-electron chi connectivity index (χ4n) is 1.76. The number of aryl methyl sites for hydroxylation is 1. The molecule has 2 amide bonds. The van der Waals surface area contributed by atoms with Gasteiger partial charge in [-0.15, -0.1) is 0 Å². The van der Waals surface area contributed by atoms with Gasteiger partial charge in [0.25, 0.3) is 0 Å². The van der Waals surface area contributed by atoms with Gasteiger partial charge in [-0.25, -0.2) is 4.79 Å². The molecule has 0 heterocycles. The van der Waals surface area contributed by atoms with Crippen molar-refractivity contribution in [3.8, 4) is 0 Å². The minimum atomic E-state index is -0.00721. The smallest absolute Gasteiger partial charge is 0.315 e. The number of carbonyl (C=O) groups is 1. The molecule has 0 bridgehead atoms. The summed E-state index contributed by atoms with van der Waals surface area (Å²) in [6.07, 6.45) is 5.52. The highest BCUT2D eigenvalue weighted by molar-refractivity contribution is 5.74. The number of urea groups is 1. The van der Waals surface area contributed by atoms with E-state index in [4.69, 9.17) is 0 Å². The van der Waals surface area contributed by atoms with E-state index in [-0.39, 0.29) is 6.03 Å². The van der Waals surface area contributed by atoms with Crippen LogP contribution < -0.4 is 10.6 Å². The van der Waals surface area contributed by atoms with E-state index in [2.05, 4.69) is 34.9 Å². The van der Waals surface area contributed by atoms with Crippen LogP contribution in [0.5, 0.6) is 0 Å². The first-order chi connectivity index (χ1) is 8.34. The van der Waals surface area contributed by atoms with E-state index >= 15 is 0 Å². The van der Waals surface area contributed by atoms with Gasteiger partial charge in [-0.05, 0) is 37.7 Å². The normalized spacial score (nSPS) is 14.4. The molecule has 3 heteroatoms. The Balaban J connectivity index is 1.50. The fraction of sp³-hybridized carbons (Fsp3) is 0.500. The maximum atomic E-state index is 11.3. The molecule has 92 valence electrons. The summed E-state index contributed by atoms with van der Waals surface area (Å²) in [6.45, 7) is 0.769. The van der Waals surface area contributed by atoms with Gasteiger partial charge in [0.15, 0.2) is 0 Å². The van der Waals surface area contributed by atoms with Gasteiger partial charge in [-0.2, -0.15) is 0 Å². The summed E-state index contributed by atoms with van der Waals surface area (Å²) in [5.74, 6) is 0. The molecular formula is C14H20N2O. The van der Waals surface area contributed by atoms with Gasteiger partial charge in [0.05, 0.1) is 0 Å². The Morgan fingerprint density at radius 1 is 1.18 bits per heavy atom. The van der Waals surface area contributed by atoms with Gasteiger partial charge in [0.2, 0.25) is 0 Å². The van der Waals surface area contributed by atoms with E-state index in [0.29, 0.717) is 6.04 Å². The Hall–Kier alpha value is -1.51. The van der Waals surface area contributed by atoms with E-state index in [9.17, 15) is 4.79 Å². The average Bonchev–Trinajstić information content (AvgIpc) is 3.14. The summed E-state index contributed by atoms with van der Waals surface area (Å²) in [5.41, 5.74) is 1.37. The van der Waals surface area contributed by atoms with Crippen LogP contribution in [0.2, 0.25) is 0 Å². The zero-order valence-corrected chi connectivity index (χ0v) is 10.1. The second kappa shape index (κ2) is 6.28. The first kappa shape index (κ1) is 12.0. The van der Waals surface area contributed by atoms with Crippen molar-refractivity contribution < 1.29 is 4.79 Å². The minimum absolute atomic E-state index is 0.00721. The lowest BCUT2D eigenvalue weighted by atomic mass is 10.1. The number of unbranched alkanes of at least 4 members (excludes halogenated alkanes) is 1. The van der Waals surface area contributed by atoms with Crippen molar-refractivity contribution in [1.82, 2.24) is 10.6 Å². The molecule has 1 aromatic carbocycles. The fourth-order valence-corrected chi connectivity index (χ4v) is 1.76. The van der Waals surface area contributed by atoms with Crippen molar-refractivity contribution >= 4 is 6.03 Å². The molecule has 2 rings (SSSR count). The topological polar surface area (TPSA) is 41.1 Å². The van der Waals surface area contributed by atoms with Crippen molar-refractivity contribution in [2.24, 2.45) is 0 Å². The molecule has 0 unspecified atom stereocenters. The van der Waals surface area contributed by atoms with Crippen molar-refractivity contribution in [2.75, 3.05) is 6.54 Å². The minimum Gasteiger partial charge on any atom is -0.338 e. The quantitative estimate of drug-likeness (QED) is 0.727. The molecule has 1 aromatic rings. The Kier molecular flexibility index (Phi) is 4.42. The SMILES string of the molecule is O=C(NCCCCc1ccccc1)NC1CC1. The van der Waals surface area contributed by atoms with E-state index in [1.807, 2.05) is 6.07 Å². The van der Waals surface area contributed by atoms with Gasteiger partial charge in [0, 0.05) is 12.6 Å². The van der Waals surface area contributed by atoms with Crippen LogP contribution >= 0.6 is 0 Å². The van der Waals surface area contributed by atoms with Gasteiger partial charge in [-0.1, -0.05) is 30.3 Å². The molecule has 1 aliphatic rings. The second-order valence-electron chi connectivity index (χ2n) is 4.62. The van der Waals surface area contributed by atoms with Crippen molar-refractivity contribution in [3.05, 3.63) is 35.9 Å². The molecule has 0 spiro atoms. The Morgan fingerprint density at radius 2 is 1.94 bits per heavy atom. The van der Waals surface area contributed by atoms with Gasteiger partial charge in [0.1, 0.15) is 0 Å². The highest BCUT2D eigenvalue weighted by Crippen LogP contribution is 2.18. The molecule has 1 fully saturated rings. The van der Waals surface area contributed by atoms with Crippen molar-refractivity contribution in [3.63, 3.8) is 0 Å². The molecule has 1 saturated carbocycles. The van der Waals surface area contributed by atoms with Crippen LogP contribution in [0, 0.1) is 0 Å². The first-order valence-corrected chi connectivity index (χ1v) is 6.43. The molecule has 1 aliphatic carbocycles. The van der Waals surface area contributed by atoms with E-state index in [1.54, 1.807) is 0 Å². The van der Waals surface area contributed by atoms with Gasteiger partial charge >= 0.3 is 6.03 Å². The Bertz CT molecular complexity index is 346. The van der Waals surface area contributed by atoms with Gasteiger partial charge in [-0.3, -0.25) is 0 Å². The van der Waals surface area contributed by atoms with Crippen molar-refractivity contribution in [2.45, 2.75) is 38.1 Å². The molecule has 17 heavy (non-hydrogen) atoms. The molecular weight excluding hydrogens is 212 g/mol. The monoisotopic (exact) mass is 232 g/mol. The highest BCUT2D eigenvalue weighted by atomic mass is 16.2. The zero-order valence-electron chi connectivity index (χ0n) is 10.1. The third-order valence-corrected chi connectivity index (χ3v) is 2.93. The third kappa shape index (κ3) is 4.89. The van der Waals surface area contributed by atoms with E-state index < -0.39 is 0 Å². The lowest BCUT2D eigenvalue weighted by Gasteiger charge is -2.06. The number of hydrogen-bond acceptors (Lipinski definition) is 1. The standard InChI is InChI=1S/C14H20N2O/c17-14(16-13-9-10-13)15-11-5-4-8-12-6-2-1-3-7-12/h1-3,6-7,13H,4-5,8-11H2,(H2,15,16,17). The Labute approximate surface area is 103 Å². The molecule has 0 aliphatic heterocycles. The van der Waals surface area contributed by atoms with Gasteiger partial charge < -0.3 is 10.6 Å². The second-order valence-corrected chi connectivity index (χ2v) is 4.62. The lowest BCUT2D eigenvalue weighted by molar-refractivity contribution is 0.240. The van der Waals surface area contributed by atoms with Crippen LogP contribution in [-0.2, 0) is 6.42 Å². The predicted molar refractivity (Wildman–Crippen MR) is 68.9 cm³/mol. The molecule has 3 nitrogen and oxygen atoms in total. The lowest BCUT2D eigenvalue weighted by Crippen LogP contribution is -2.37. The van der Waals surface area contributed by atoms with Crippen LogP contribution in [0.15, 0.2) is 30.3 Å². The van der Waals surface area contributed by atoms with Crippen LogP contribution in [0.1, 0.15) is 31.2 Å².